The van der Waals surface area contributed by atoms with Gasteiger partial charge in [-0.25, -0.2) is 0 Å². The summed E-state index contributed by atoms with van der Waals surface area (Å²) >= 11 is 0. The van der Waals surface area contributed by atoms with Crippen molar-refractivity contribution in [2.75, 3.05) is 20.8 Å². The third kappa shape index (κ3) is 3.93. The maximum atomic E-state index is 5.10. The van der Waals surface area contributed by atoms with E-state index in [9.17, 15) is 0 Å². The van der Waals surface area contributed by atoms with E-state index in [1.165, 1.54) is 16.7 Å². The molecule has 0 heterocycles. The van der Waals surface area contributed by atoms with Gasteiger partial charge in [0.1, 0.15) is 0 Å². The Morgan fingerprint density at radius 1 is 1.12 bits per heavy atom. The molecule has 0 fully saturated rings. The highest BCUT2D eigenvalue weighted by Crippen LogP contribution is 2.09. The van der Waals surface area contributed by atoms with E-state index in [4.69, 9.17) is 9.47 Å². The van der Waals surface area contributed by atoms with Crippen molar-refractivity contribution in [1.29, 1.82) is 0 Å². The zero-order valence-corrected chi connectivity index (χ0v) is 10.5. The molecule has 16 heavy (non-hydrogen) atoms. The lowest BCUT2D eigenvalue weighted by Gasteiger charge is -2.14. The summed E-state index contributed by atoms with van der Waals surface area (Å²) in [7, 11) is 3.29. The van der Waals surface area contributed by atoms with Crippen LogP contribution in [0.2, 0.25) is 0 Å². The number of nitrogens with one attached hydrogen (secondary N) is 1. The van der Waals surface area contributed by atoms with Gasteiger partial charge in [-0.2, -0.15) is 0 Å². The first-order chi connectivity index (χ1) is 7.67. The van der Waals surface area contributed by atoms with Crippen LogP contribution in [0.4, 0.5) is 0 Å². The Hall–Kier alpha value is -0.900. The predicted octanol–water partition coefficient (Wildman–Crippen LogP) is 2.01. The molecule has 0 saturated carbocycles. The smallest absolute Gasteiger partial charge is 0.169 e. The minimum atomic E-state index is -0.174. The van der Waals surface area contributed by atoms with Crippen LogP contribution in [0.5, 0.6) is 0 Å². The first-order valence-electron chi connectivity index (χ1n) is 5.49. The Bertz CT molecular complexity index is 322. The summed E-state index contributed by atoms with van der Waals surface area (Å²) in [4.78, 5) is 0. The van der Waals surface area contributed by atoms with Crippen LogP contribution in [0.1, 0.15) is 16.7 Å². The fourth-order valence-electron chi connectivity index (χ4n) is 1.51. The van der Waals surface area contributed by atoms with E-state index in [1.807, 2.05) is 0 Å². The van der Waals surface area contributed by atoms with Gasteiger partial charge in [0.05, 0.1) is 0 Å². The van der Waals surface area contributed by atoms with Gasteiger partial charge in [-0.15, -0.1) is 0 Å². The average Bonchev–Trinajstić information content (AvgIpc) is 2.29. The zero-order chi connectivity index (χ0) is 12.0. The second-order valence-electron chi connectivity index (χ2n) is 3.95. The largest absolute Gasteiger partial charge is 0.355 e. The average molecular weight is 223 g/mol. The lowest BCUT2D eigenvalue weighted by atomic mass is 10.1. The van der Waals surface area contributed by atoms with Crippen LogP contribution in [-0.4, -0.2) is 27.1 Å². The van der Waals surface area contributed by atoms with Gasteiger partial charge in [0.2, 0.25) is 0 Å². The van der Waals surface area contributed by atoms with E-state index in [1.54, 1.807) is 14.2 Å². The molecule has 3 nitrogen and oxygen atoms in total. The molecule has 0 aliphatic carbocycles. The fourth-order valence-corrected chi connectivity index (χ4v) is 1.51. The minimum absolute atomic E-state index is 0.174. The van der Waals surface area contributed by atoms with Crippen molar-refractivity contribution in [2.24, 2.45) is 0 Å². The topological polar surface area (TPSA) is 30.5 Å². The summed E-state index contributed by atoms with van der Waals surface area (Å²) in [6.07, 6.45) is -0.174. The molecule has 90 valence electrons. The second-order valence-corrected chi connectivity index (χ2v) is 3.95. The summed E-state index contributed by atoms with van der Waals surface area (Å²) in [5, 5.41) is 3.30. The van der Waals surface area contributed by atoms with E-state index in [0.29, 0.717) is 6.54 Å². The summed E-state index contributed by atoms with van der Waals surface area (Å²) in [5.41, 5.74) is 3.94. The molecule has 1 aromatic carbocycles. The first-order valence-corrected chi connectivity index (χ1v) is 5.49. The molecule has 0 aromatic heterocycles. The van der Waals surface area contributed by atoms with Crippen LogP contribution in [0.3, 0.4) is 0 Å². The molecule has 0 spiro atoms. The zero-order valence-electron chi connectivity index (χ0n) is 10.5. The van der Waals surface area contributed by atoms with Crippen LogP contribution >= 0.6 is 0 Å². The van der Waals surface area contributed by atoms with Gasteiger partial charge < -0.3 is 14.8 Å². The van der Waals surface area contributed by atoms with Crippen molar-refractivity contribution in [1.82, 2.24) is 5.32 Å². The molecule has 1 aromatic rings. The van der Waals surface area contributed by atoms with Crippen molar-refractivity contribution in [3.8, 4) is 0 Å². The molecule has 0 amide bonds. The summed E-state index contributed by atoms with van der Waals surface area (Å²) in [5.74, 6) is 0. The van der Waals surface area contributed by atoms with Gasteiger partial charge in [0.25, 0.3) is 0 Å². The van der Waals surface area contributed by atoms with Gasteiger partial charge >= 0.3 is 0 Å². The van der Waals surface area contributed by atoms with Crippen molar-refractivity contribution in [3.05, 3.63) is 34.9 Å². The van der Waals surface area contributed by atoms with Gasteiger partial charge in [-0.3, -0.25) is 0 Å². The third-order valence-corrected chi connectivity index (χ3v) is 2.74. The molecule has 1 rings (SSSR count). The summed E-state index contributed by atoms with van der Waals surface area (Å²) in [6, 6.07) is 6.50. The van der Waals surface area contributed by atoms with E-state index in [2.05, 4.69) is 37.4 Å². The number of hydrogen-bond acceptors (Lipinski definition) is 3. The molecule has 0 aliphatic heterocycles. The highest BCUT2D eigenvalue weighted by Gasteiger charge is 2.03. The molecule has 3 heteroatoms. The number of rotatable bonds is 6. The predicted molar refractivity (Wildman–Crippen MR) is 65.4 cm³/mol. The number of methoxy groups -OCH3 is 2. The number of benzene rings is 1. The molecule has 0 atom stereocenters. The van der Waals surface area contributed by atoms with E-state index >= 15 is 0 Å². The Kier molecular flexibility index (Phi) is 5.46. The molecule has 0 unspecified atom stereocenters. The summed E-state index contributed by atoms with van der Waals surface area (Å²) in [6.45, 7) is 5.79. The molecule has 1 N–H and O–H groups in total. The minimum Gasteiger partial charge on any atom is -0.355 e. The van der Waals surface area contributed by atoms with Crippen molar-refractivity contribution >= 4 is 0 Å². The van der Waals surface area contributed by atoms with Gasteiger partial charge in [-0.1, -0.05) is 18.2 Å². The van der Waals surface area contributed by atoms with Gasteiger partial charge in [0.15, 0.2) is 6.29 Å². The summed E-state index contributed by atoms with van der Waals surface area (Å²) < 4.78 is 10.2. The van der Waals surface area contributed by atoms with E-state index in [-0.39, 0.29) is 6.29 Å². The first kappa shape index (κ1) is 13.2. The maximum Gasteiger partial charge on any atom is 0.169 e. The van der Waals surface area contributed by atoms with Crippen LogP contribution in [0.25, 0.3) is 0 Å². The SMILES string of the molecule is COC(CNCc1ccc(C)c(C)c1)OC. The molecule has 0 radical (unpaired) electrons. The number of hydrogen-bond donors (Lipinski definition) is 1. The lowest BCUT2D eigenvalue weighted by molar-refractivity contribution is -0.0989. The van der Waals surface area contributed by atoms with Crippen molar-refractivity contribution < 1.29 is 9.47 Å². The Labute approximate surface area is 97.8 Å². The number of ether oxygens (including phenoxy) is 2. The monoisotopic (exact) mass is 223 g/mol. The highest BCUT2D eigenvalue weighted by molar-refractivity contribution is 5.29. The van der Waals surface area contributed by atoms with Crippen molar-refractivity contribution in [2.45, 2.75) is 26.7 Å². The Morgan fingerprint density at radius 3 is 2.38 bits per heavy atom. The van der Waals surface area contributed by atoms with Crippen LogP contribution in [0, 0.1) is 13.8 Å². The van der Waals surface area contributed by atoms with Gasteiger partial charge in [0, 0.05) is 27.3 Å². The molecule has 0 bridgehead atoms. The lowest BCUT2D eigenvalue weighted by Crippen LogP contribution is -2.29. The second kappa shape index (κ2) is 6.63. The van der Waals surface area contributed by atoms with Crippen LogP contribution in [-0.2, 0) is 16.0 Å². The van der Waals surface area contributed by atoms with Crippen LogP contribution < -0.4 is 5.32 Å². The standard InChI is InChI=1S/C13H21NO2/c1-10-5-6-12(7-11(10)2)8-14-9-13(15-3)16-4/h5-7,13-14H,8-9H2,1-4H3. The molecular formula is C13H21NO2. The number of aryl methyl sites for hydroxylation is 2. The van der Waals surface area contributed by atoms with Crippen LogP contribution in [0.15, 0.2) is 18.2 Å². The Balaban J connectivity index is 2.40. The highest BCUT2D eigenvalue weighted by atomic mass is 16.7. The van der Waals surface area contributed by atoms with Crippen molar-refractivity contribution in [3.63, 3.8) is 0 Å². The fraction of sp³-hybridized carbons (Fsp3) is 0.538. The maximum absolute atomic E-state index is 5.10. The third-order valence-electron chi connectivity index (χ3n) is 2.74. The Morgan fingerprint density at radius 2 is 1.81 bits per heavy atom. The quantitative estimate of drug-likeness (QED) is 0.748. The molecule has 0 saturated heterocycles. The molecular weight excluding hydrogens is 202 g/mol. The van der Waals surface area contributed by atoms with E-state index < -0.39 is 0 Å². The molecule has 0 aliphatic rings. The normalized spacial score (nSPS) is 11.1. The van der Waals surface area contributed by atoms with Gasteiger partial charge in [-0.05, 0) is 30.5 Å². The van der Waals surface area contributed by atoms with E-state index in [0.717, 1.165) is 6.54 Å².